The van der Waals surface area contributed by atoms with Crippen molar-refractivity contribution in [1.82, 2.24) is 4.90 Å². The molecule has 4 nitrogen and oxygen atoms in total. The van der Waals surface area contributed by atoms with Gasteiger partial charge in [-0.05, 0) is 38.8 Å². The van der Waals surface area contributed by atoms with Crippen molar-refractivity contribution in [3.8, 4) is 0 Å². The van der Waals surface area contributed by atoms with Gasteiger partial charge in [0, 0.05) is 30.9 Å². The van der Waals surface area contributed by atoms with Crippen LogP contribution >= 0.6 is 0 Å². The Hall–Kier alpha value is -1.69. The average molecular weight is 297 g/mol. The molecule has 6 heteroatoms. The Morgan fingerprint density at radius 2 is 2.10 bits per heavy atom. The third kappa shape index (κ3) is 3.91. The first-order chi connectivity index (χ1) is 9.77. The van der Waals surface area contributed by atoms with Gasteiger partial charge in [0.25, 0.3) is 0 Å². The van der Waals surface area contributed by atoms with Gasteiger partial charge in [0.05, 0.1) is 5.54 Å². The second-order valence-corrected chi connectivity index (χ2v) is 6.09. The number of nitrogens with two attached hydrogens (primary N) is 1. The first-order valence-electron chi connectivity index (χ1n) is 7.07. The van der Waals surface area contributed by atoms with E-state index < -0.39 is 17.2 Å². The second kappa shape index (κ2) is 5.97. The van der Waals surface area contributed by atoms with Crippen molar-refractivity contribution in [3.63, 3.8) is 0 Å². The Labute approximate surface area is 123 Å². The molecule has 1 unspecified atom stereocenters. The van der Waals surface area contributed by atoms with Gasteiger partial charge in [0.15, 0.2) is 11.6 Å². The molecule has 2 rings (SSSR count). The fourth-order valence-corrected chi connectivity index (χ4v) is 2.51. The topological polar surface area (TPSA) is 58.4 Å². The molecule has 1 aromatic rings. The molecule has 0 aliphatic carbocycles. The number of hydrogen-bond donors (Lipinski definition) is 2. The largest absolute Gasteiger partial charge is 0.380 e. The summed E-state index contributed by atoms with van der Waals surface area (Å²) in [6, 6.07) is 3.72. The quantitative estimate of drug-likeness (QED) is 0.898. The average Bonchev–Trinajstić information content (AvgIpc) is 2.41. The summed E-state index contributed by atoms with van der Waals surface area (Å²) in [5, 5.41) is 3.14. The summed E-state index contributed by atoms with van der Waals surface area (Å²) in [5.41, 5.74) is 5.46. The molecule has 0 radical (unpaired) electrons. The molecule has 1 aliphatic rings. The van der Waals surface area contributed by atoms with E-state index in [4.69, 9.17) is 5.73 Å². The van der Waals surface area contributed by atoms with Crippen LogP contribution in [0.2, 0.25) is 0 Å². The molecule has 1 fully saturated rings. The van der Waals surface area contributed by atoms with Crippen molar-refractivity contribution in [2.45, 2.75) is 38.3 Å². The lowest BCUT2D eigenvalue weighted by atomic mass is 10.00. The summed E-state index contributed by atoms with van der Waals surface area (Å²) >= 11 is 0. The zero-order valence-corrected chi connectivity index (χ0v) is 12.3. The smallest absolute Gasteiger partial charge is 0.242 e. The summed E-state index contributed by atoms with van der Waals surface area (Å²) in [7, 11) is 0. The minimum atomic E-state index is -0.899. The van der Waals surface area contributed by atoms with Crippen molar-refractivity contribution in [3.05, 3.63) is 29.8 Å². The summed E-state index contributed by atoms with van der Waals surface area (Å²) in [5.74, 6) is -1.85. The molecular weight excluding hydrogens is 276 g/mol. The number of likely N-dealkylation sites (tertiary alicyclic amines) is 1. The van der Waals surface area contributed by atoms with Crippen LogP contribution in [0.4, 0.5) is 14.5 Å². The van der Waals surface area contributed by atoms with E-state index in [1.807, 2.05) is 0 Å². The van der Waals surface area contributed by atoms with E-state index in [0.717, 1.165) is 25.0 Å². The fraction of sp³-hybridized carbons (Fsp3) is 0.533. The lowest BCUT2D eigenvalue weighted by Gasteiger charge is -2.37. The first-order valence-corrected chi connectivity index (χ1v) is 7.07. The van der Waals surface area contributed by atoms with Crippen LogP contribution in [-0.4, -0.2) is 35.5 Å². The molecule has 3 N–H and O–H groups in total. The molecule has 1 saturated heterocycles. The van der Waals surface area contributed by atoms with Crippen molar-refractivity contribution in [2.75, 3.05) is 18.4 Å². The van der Waals surface area contributed by atoms with Gasteiger partial charge in [-0.15, -0.1) is 0 Å². The van der Waals surface area contributed by atoms with Crippen molar-refractivity contribution >= 4 is 11.6 Å². The van der Waals surface area contributed by atoms with E-state index in [1.165, 1.54) is 6.07 Å². The molecule has 0 saturated carbocycles. The van der Waals surface area contributed by atoms with Gasteiger partial charge in [-0.25, -0.2) is 8.78 Å². The summed E-state index contributed by atoms with van der Waals surface area (Å²) in [6.07, 6.45) is 1.72. The monoisotopic (exact) mass is 297 g/mol. The third-order valence-corrected chi connectivity index (χ3v) is 3.55. The van der Waals surface area contributed by atoms with E-state index in [9.17, 15) is 13.6 Å². The molecule has 1 amide bonds. The molecule has 1 aliphatic heterocycles. The Bertz CT molecular complexity index is 528. The Morgan fingerprint density at radius 3 is 2.71 bits per heavy atom. The number of piperidine rings is 1. The van der Waals surface area contributed by atoms with Gasteiger partial charge in [-0.2, -0.15) is 0 Å². The van der Waals surface area contributed by atoms with Gasteiger partial charge in [0.2, 0.25) is 5.91 Å². The number of nitrogens with one attached hydrogen (secondary N) is 1. The Balaban J connectivity index is 2.01. The third-order valence-electron chi connectivity index (χ3n) is 3.55. The van der Waals surface area contributed by atoms with Gasteiger partial charge < -0.3 is 16.0 Å². The van der Waals surface area contributed by atoms with Crippen LogP contribution in [0.5, 0.6) is 0 Å². The maximum Gasteiger partial charge on any atom is 0.242 e. The normalized spacial score (nSPS) is 19.5. The van der Waals surface area contributed by atoms with E-state index in [-0.39, 0.29) is 11.9 Å². The van der Waals surface area contributed by atoms with Gasteiger partial charge in [-0.1, -0.05) is 0 Å². The fourth-order valence-electron chi connectivity index (χ4n) is 2.51. The Kier molecular flexibility index (Phi) is 4.46. The van der Waals surface area contributed by atoms with Crippen LogP contribution in [0.25, 0.3) is 0 Å². The molecule has 116 valence electrons. The minimum absolute atomic E-state index is 0.00918. The van der Waals surface area contributed by atoms with Crippen molar-refractivity contribution in [1.29, 1.82) is 0 Å². The number of nitrogens with zero attached hydrogens (tertiary/aromatic N) is 1. The molecule has 0 aromatic heterocycles. The van der Waals surface area contributed by atoms with E-state index in [0.29, 0.717) is 18.8 Å². The van der Waals surface area contributed by atoms with E-state index >= 15 is 0 Å². The predicted octanol–water partition coefficient (Wildman–Crippen LogP) is 2.10. The molecule has 0 spiro atoms. The number of rotatable bonds is 3. The molecular formula is C15H21F2N3O. The molecule has 21 heavy (non-hydrogen) atoms. The van der Waals surface area contributed by atoms with Crippen molar-refractivity contribution in [2.24, 2.45) is 5.73 Å². The molecule has 1 aromatic carbocycles. The SMILES string of the molecule is CC(C)(N)C(=O)N1CCCC(Nc2ccc(F)c(F)c2)C1. The maximum absolute atomic E-state index is 13.2. The lowest BCUT2D eigenvalue weighted by Crippen LogP contribution is -2.55. The molecule has 1 heterocycles. The number of hydrogen-bond acceptors (Lipinski definition) is 3. The number of carbonyl (C=O) groups excluding carboxylic acids is 1. The zero-order chi connectivity index (χ0) is 15.6. The zero-order valence-electron chi connectivity index (χ0n) is 12.3. The van der Waals surface area contributed by atoms with E-state index in [1.54, 1.807) is 18.7 Å². The number of amides is 1. The van der Waals surface area contributed by atoms with Crippen LogP contribution in [0, 0.1) is 11.6 Å². The Morgan fingerprint density at radius 1 is 1.38 bits per heavy atom. The minimum Gasteiger partial charge on any atom is -0.380 e. The summed E-state index contributed by atoms with van der Waals surface area (Å²) in [6.45, 7) is 4.55. The van der Waals surface area contributed by atoms with Crippen LogP contribution in [0.15, 0.2) is 18.2 Å². The lowest BCUT2D eigenvalue weighted by molar-refractivity contribution is -0.136. The van der Waals surface area contributed by atoms with Gasteiger partial charge >= 0.3 is 0 Å². The number of halogens is 2. The highest BCUT2D eigenvalue weighted by Crippen LogP contribution is 2.19. The molecule has 1 atom stereocenters. The van der Waals surface area contributed by atoms with E-state index in [2.05, 4.69) is 5.32 Å². The van der Waals surface area contributed by atoms with Crippen LogP contribution in [-0.2, 0) is 4.79 Å². The first kappa shape index (κ1) is 15.7. The maximum atomic E-state index is 13.2. The van der Waals surface area contributed by atoms with Gasteiger partial charge in [0.1, 0.15) is 0 Å². The second-order valence-electron chi connectivity index (χ2n) is 6.09. The molecule has 0 bridgehead atoms. The highest BCUT2D eigenvalue weighted by molar-refractivity contribution is 5.85. The van der Waals surface area contributed by atoms with Crippen LogP contribution < -0.4 is 11.1 Å². The predicted molar refractivity (Wildman–Crippen MR) is 77.8 cm³/mol. The standard InChI is InChI=1S/C15H21F2N3O/c1-15(2,18)14(21)20-7-3-4-11(9-20)19-10-5-6-12(16)13(17)8-10/h5-6,8,11,19H,3-4,7,9,18H2,1-2H3. The van der Waals surface area contributed by atoms with Crippen molar-refractivity contribution < 1.29 is 13.6 Å². The summed E-state index contributed by atoms with van der Waals surface area (Å²) < 4.78 is 26.1. The highest BCUT2D eigenvalue weighted by atomic mass is 19.2. The van der Waals surface area contributed by atoms with Gasteiger partial charge in [-0.3, -0.25) is 4.79 Å². The number of benzene rings is 1. The highest BCUT2D eigenvalue weighted by Gasteiger charge is 2.31. The van der Waals surface area contributed by atoms with Crippen LogP contribution in [0.3, 0.4) is 0 Å². The van der Waals surface area contributed by atoms with Crippen LogP contribution in [0.1, 0.15) is 26.7 Å². The number of anilines is 1. The summed E-state index contributed by atoms with van der Waals surface area (Å²) in [4.78, 5) is 13.9. The number of carbonyl (C=O) groups is 1.